The Morgan fingerprint density at radius 1 is 1.13 bits per heavy atom. The molecule has 1 N–H and O–H groups in total. The lowest BCUT2D eigenvalue weighted by atomic mass is 10.3. The lowest BCUT2D eigenvalue weighted by molar-refractivity contribution is 0.101. The summed E-state index contributed by atoms with van der Waals surface area (Å²) < 4.78 is 21.4. The minimum atomic E-state index is -0.496. The summed E-state index contributed by atoms with van der Waals surface area (Å²) in [6, 6.07) is 18.3. The van der Waals surface area contributed by atoms with Crippen LogP contribution >= 0.6 is 0 Å². The maximum absolute atomic E-state index is 12.9. The van der Waals surface area contributed by atoms with Gasteiger partial charge in [0, 0.05) is 6.20 Å². The second kappa shape index (κ2) is 8.28. The molecule has 0 atom stereocenters. The second-order valence-electron chi connectivity index (χ2n) is 6.19. The minimum absolute atomic E-state index is 0.0459. The van der Waals surface area contributed by atoms with E-state index in [-0.39, 0.29) is 29.6 Å². The molecule has 0 fully saturated rings. The van der Waals surface area contributed by atoms with Crippen LogP contribution in [0.3, 0.4) is 0 Å². The molecule has 2 aromatic heterocycles. The van der Waals surface area contributed by atoms with E-state index in [1.54, 1.807) is 6.20 Å². The number of amides is 1. The summed E-state index contributed by atoms with van der Waals surface area (Å²) in [5.41, 5.74) is 1.07. The predicted octanol–water partition coefficient (Wildman–Crippen LogP) is 3.37. The van der Waals surface area contributed by atoms with Crippen molar-refractivity contribution in [2.45, 2.75) is 6.73 Å². The number of hydrogen-bond donors (Lipinski definition) is 1. The molecule has 2 heterocycles. The summed E-state index contributed by atoms with van der Waals surface area (Å²) in [5, 5.41) is 20.4. The number of nitrogens with one attached hydrogen (secondary N) is 1. The van der Waals surface area contributed by atoms with Crippen LogP contribution in [-0.4, -0.2) is 25.5 Å². The molecule has 0 aliphatic rings. The fourth-order valence-electron chi connectivity index (χ4n) is 2.71. The van der Waals surface area contributed by atoms with E-state index in [2.05, 4.69) is 15.5 Å². The monoisotopic (exact) mass is 402 g/mol. The molecular weight excluding hydrogens is 387 g/mol. The highest BCUT2D eigenvalue weighted by molar-refractivity contribution is 6.03. The Hall–Kier alpha value is -4.45. The molecule has 0 saturated heterocycles. The third kappa shape index (κ3) is 4.02. The summed E-state index contributed by atoms with van der Waals surface area (Å²) in [5.74, 6) is -0.120. The number of nitriles is 1. The number of nitrogens with zero attached hydrogens (tertiary/aromatic N) is 5. The maximum atomic E-state index is 12.9. The highest BCUT2D eigenvalue weighted by Gasteiger charge is 2.17. The van der Waals surface area contributed by atoms with E-state index >= 15 is 0 Å². The van der Waals surface area contributed by atoms with Crippen molar-refractivity contribution in [3.8, 4) is 17.5 Å². The Morgan fingerprint density at radius 2 is 1.90 bits per heavy atom. The summed E-state index contributed by atoms with van der Waals surface area (Å²) in [6.07, 6.45) is 2.97. The van der Waals surface area contributed by atoms with Gasteiger partial charge in [0.25, 0.3) is 5.91 Å². The van der Waals surface area contributed by atoms with Gasteiger partial charge in [-0.25, -0.2) is 13.8 Å². The van der Waals surface area contributed by atoms with Gasteiger partial charge in [-0.2, -0.15) is 15.5 Å². The van der Waals surface area contributed by atoms with Crippen LogP contribution in [-0.2, 0) is 6.73 Å². The van der Waals surface area contributed by atoms with Crippen LogP contribution in [0.4, 0.5) is 10.2 Å². The van der Waals surface area contributed by atoms with E-state index in [0.29, 0.717) is 11.4 Å². The number of hydrogen-bond acceptors (Lipinski definition) is 5. The topological polar surface area (TPSA) is 97.8 Å². The smallest absolute Gasteiger partial charge is 0.277 e. The number of carbonyl (C=O) groups is 1. The number of halogens is 1. The maximum Gasteiger partial charge on any atom is 0.277 e. The average Bonchev–Trinajstić information content (AvgIpc) is 3.41. The van der Waals surface area contributed by atoms with Gasteiger partial charge >= 0.3 is 0 Å². The summed E-state index contributed by atoms with van der Waals surface area (Å²) >= 11 is 0. The fourth-order valence-corrected chi connectivity index (χ4v) is 2.71. The molecule has 9 heteroatoms. The van der Waals surface area contributed by atoms with Gasteiger partial charge in [0.15, 0.2) is 18.2 Å². The van der Waals surface area contributed by atoms with Crippen LogP contribution in [0.1, 0.15) is 16.1 Å². The zero-order valence-corrected chi connectivity index (χ0v) is 15.6. The average molecular weight is 402 g/mol. The van der Waals surface area contributed by atoms with Crippen LogP contribution in [0.15, 0.2) is 73.1 Å². The standard InChI is InChI=1S/C21H15FN6O2/c22-16-6-8-18(9-7-16)30-14-27-11-10-19(26-27)21(29)25-20-15(12-23)13-24-28(20)17-4-2-1-3-5-17/h1-11,13H,14H2,(H,25,29). The summed E-state index contributed by atoms with van der Waals surface area (Å²) in [4.78, 5) is 12.7. The summed E-state index contributed by atoms with van der Waals surface area (Å²) in [6.45, 7) is 0.0459. The molecular formula is C21H15FN6O2. The zero-order chi connectivity index (χ0) is 20.9. The molecule has 0 spiro atoms. The van der Waals surface area contributed by atoms with Gasteiger partial charge in [-0.1, -0.05) is 18.2 Å². The Bertz CT molecular complexity index is 1210. The first-order valence-electron chi connectivity index (χ1n) is 8.91. The molecule has 0 aliphatic carbocycles. The van der Waals surface area contributed by atoms with E-state index < -0.39 is 5.91 Å². The van der Waals surface area contributed by atoms with Crippen LogP contribution in [0.5, 0.6) is 5.75 Å². The van der Waals surface area contributed by atoms with Crippen molar-refractivity contribution >= 4 is 11.7 Å². The Labute approximate surface area is 170 Å². The second-order valence-corrected chi connectivity index (χ2v) is 6.19. The Kier molecular flexibility index (Phi) is 5.21. The van der Waals surface area contributed by atoms with E-state index in [9.17, 15) is 14.4 Å². The van der Waals surface area contributed by atoms with Crippen LogP contribution in [0.25, 0.3) is 5.69 Å². The lowest BCUT2D eigenvalue weighted by Gasteiger charge is -2.08. The highest BCUT2D eigenvalue weighted by Crippen LogP contribution is 2.20. The third-order valence-electron chi connectivity index (χ3n) is 4.17. The number of carbonyl (C=O) groups excluding carboxylic acids is 1. The number of aromatic nitrogens is 4. The number of benzene rings is 2. The summed E-state index contributed by atoms with van der Waals surface area (Å²) in [7, 11) is 0. The molecule has 0 aliphatic heterocycles. The van der Waals surface area contributed by atoms with Gasteiger partial charge in [0.05, 0.1) is 11.9 Å². The van der Waals surface area contributed by atoms with E-state index in [0.717, 1.165) is 0 Å². The molecule has 2 aromatic carbocycles. The molecule has 0 radical (unpaired) electrons. The first kappa shape index (κ1) is 18.9. The van der Waals surface area contributed by atoms with Crippen molar-refractivity contribution in [2.24, 2.45) is 0 Å². The third-order valence-corrected chi connectivity index (χ3v) is 4.17. The normalized spacial score (nSPS) is 10.4. The first-order valence-corrected chi connectivity index (χ1v) is 8.91. The highest BCUT2D eigenvalue weighted by atomic mass is 19.1. The van der Waals surface area contributed by atoms with E-state index in [4.69, 9.17) is 4.74 Å². The largest absolute Gasteiger partial charge is 0.471 e. The van der Waals surface area contributed by atoms with Gasteiger partial charge in [-0.3, -0.25) is 4.79 Å². The molecule has 0 bridgehead atoms. The van der Waals surface area contributed by atoms with Crippen molar-refractivity contribution in [3.63, 3.8) is 0 Å². The van der Waals surface area contributed by atoms with Gasteiger partial charge in [-0.05, 0) is 42.5 Å². The van der Waals surface area contributed by atoms with Gasteiger partial charge in [-0.15, -0.1) is 0 Å². The number of rotatable bonds is 6. The minimum Gasteiger partial charge on any atom is -0.471 e. The van der Waals surface area contributed by atoms with Crippen LogP contribution < -0.4 is 10.1 Å². The number of para-hydroxylation sites is 1. The van der Waals surface area contributed by atoms with Gasteiger partial charge in [0.2, 0.25) is 0 Å². The van der Waals surface area contributed by atoms with Crippen molar-refractivity contribution in [2.75, 3.05) is 5.32 Å². The van der Waals surface area contributed by atoms with Crippen molar-refractivity contribution in [3.05, 3.63) is 90.1 Å². The first-order chi connectivity index (χ1) is 14.6. The lowest BCUT2D eigenvalue weighted by Crippen LogP contribution is -2.17. The number of ether oxygens (including phenoxy) is 1. The number of anilines is 1. The fraction of sp³-hybridized carbons (Fsp3) is 0.0476. The SMILES string of the molecule is N#Cc1cnn(-c2ccccc2)c1NC(=O)c1ccn(COc2ccc(F)cc2)n1. The Balaban J connectivity index is 1.48. The molecule has 4 rings (SSSR count). The van der Waals surface area contributed by atoms with Crippen molar-refractivity contribution < 1.29 is 13.9 Å². The van der Waals surface area contributed by atoms with E-state index in [1.807, 2.05) is 36.4 Å². The zero-order valence-electron chi connectivity index (χ0n) is 15.6. The van der Waals surface area contributed by atoms with Crippen LogP contribution in [0.2, 0.25) is 0 Å². The van der Waals surface area contributed by atoms with E-state index in [1.165, 1.54) is 45.9 Å². The molecule has 8 nitrogen and oxygen atoms in total. The van der Waals surface area contributed by atoms with Gasteiger partial charge in [0.1, 0.15) is 23.2 Å². The predicted molar refractivity (Wildman–Crippen MR) is 105 cm³/mol. The van der Waals surface area contributed by atoms with Crippen molar-refractivity contribution in [1.29, 1.82) is 5.26 Å². The molecule has 30 heavy (non-hydrogen) atoms. The molecule has 0 saturated carbocycles. The van der Waals surface area contributed by atoms with Gasteiger partial charge < -0.3 is 10.1 Å². The van der Waals surface area contributed by atoms with Crippen LogP contribution in [0, 0.1) is 17.1 Å². The molecule has 1 amide bonds. The molecule has 0 unspecified atom stereocenters. The Morgan fingerprint density at radius 3 is 2.63 bits per heavy atom. The quantitative estimate of drug-likeness (QED) is 0.533. The molecule has 4 aromatic rings. The molecule has 148 valence electrons. The van der Waals surface area contributed by atoms with Crippen molar-refractivity contribution in [1.82, 2.24) is 19.6 Å².